The van der Waals surface area contributed by atoms with Crippen LogP contribution >= 0.6 is 0 Å². The van der Waals surface area contributed by atoms with Crippen molar-refractivity contribution in [2.45, 2.75) is 44.3 Å². The Morgan fingerprint density at radius 3 is 2.35 bits per heavy atom. The zero-order chi connectivity index (χ0) is 15.7. The summed E-state index contributed by atoms with van der Waals surface area (Å²) in [6.07, 6.45) is -5.66. The van der Waals surface area contributed by atoms with Gasteiger partial charge in [-0.15, -0.1) is 0 Å². The monoisotopic (exact) mass is 310 g/mol. The molecule has 0 bridgehead atoms. The third-order valence-electron chi connectivity index (χ3n) is 2.73. The lowest BCUT2D eigenvalue weighted by atomic mass is 10.1. The van der Waals surface area contributed by atoms with Crippen molar-refractivity contribution in [1.82, 2.24) is 4.72 Å². The third kappa shape index (κ3) is 4.38. The SMILES string of the molecule is Cc1cc(N)c(C)c(S(=O)(=O)NC(C)CC(F)(F)F)c1. The Labute approximate surface area is 116 Å². The fourth-order valence-electron chi connectivity index (χ4n) is 1.85. The van der Waals surface area contributed by atoms with E-state index in [-0.39, 0.29) is 10.6 Å². The van der Waals surface area contributed by atoms with Crippen molar-refractivity contribution in [2.24, 2.45) is 0 Å². The summed E-state index contributed by atoms with van der Waals surface area (Å²) >= 11 is 0. The Morgan fingerprint density at radius 1 is 1.30 bits per heavy atom. The molecule has 0 aliphatic carbocycles. The second kappa shape index (κ2) is 5.61. The highest BCUT2D eigenvalue weighted by atomic mass is 32.2. The van der Waals surface area contributed by atoms with E-state index in [9.17, 15) is 21.6 Å². The van der Waals surface area contributed by atoms with Crippen LogP contribution < -0.4 is 10.5 Å². The van der Waals surface area contributed by atoms with Gasteiger partial charge in [0.1, 0.15) is 0 Å². The molecule has 0 heterocycles. The standard InChI is InChI=1S/C12H17F3N2O2S/c1-7-4-10(16)9(3)11(5-7)20(18,19)17-8(2)6-12(13,14)15/h4-5,8,17H,6,16H2,1-3H3. The Kier molecular flexibility index (Phi) is 4.70. The van der Waals surface area contributed by atoms with Gasteiger partial charge in [0.25, 0.3) is 0 Å². The van der Waals surface area contributed by atoms with Crippen molar-refractivity contribution in [3.05, 3.63) is 23.3 Å². The Morgan fingerprint density at radius 2 is 1.85 bits per heavy atom. The molecule has 0 fully saturated rings. The summed E-state index contributed by atoms with van der Waals surface area (Å²) in [5.74, 6) is 0. The summed E-state index contributed by atoms with van der Waals surface area (Å²) in [5.41, 5.74) is 6.91. The van der Waals surface area contributed by atoms with Crippen molar-refractivity contribution in [3.63, 3.8) is 0 Å². The number of nitrogen functional groups attached to an aromatic ring is 1. The summed E-state index contributed by atoms with van der Waals surface area (Å²) < 4.78 is 63.0. The van der Waals surface area contributed by atoms with E-state index in [1.165, 1.54) is 19.9 Å². The maximum absolute atomic E-state index is 12.2. The largest absolute Gasteiger partial charge is 0.398 e. The van der Waals surface area contributed by atoms with Gasteiger partial charge < -0.3 is 5.73 Å². The Bertz CT molecular complexity index is 597. The van der Waals surface area contributed by atoms with Crippen LogP contribution in [0.1, 0.15) is 24.5 Å². The molecule has 1 aromatic carbocycles. The smallest absolute Gasteiger partial charge is 0.390 e. The van der Waals surface area contributed by atoms with Crippen LogP contribution in [0.5, 0.6) is 0 Å². The van der Waals surface area contributed by atoms with Gasteiger partial charge in [-0.05, 0) is 44.0 Å². The predicted molar refractivity (Wildman–Crippen MR) is 70.8 cm³/mol. The molecule has 0 spiro atoms. The number of alkyl halides is 3. The molecule has 4 nitrogen and oxygen atoms in total. The first-order valence-corrected chi connectivity index (χ1v) is 7.36. The zero-order valence-corrected chi connectivity index (χ0v) is 12.2. The van der Waals surface area contributed by atoms with Crippen molar-refractivity contribution < 1.29 is 21.6 Å². The molecule has 114 valence electrons. The van der Waals surface area contributed by atoms with E-state index in [1.54, 1.807) is 13.0 Å². The zero-order valence-electron chi connectivity index (χ0n) is 11.4. The van der Waals surface area contributed by atoms with Gasteiger partial charge in [-0.1, -0.05) is 0 Å². The minimum absolute atomic E-state index is 0.0935. The summed E-state index contributed by atoms with van der Waals surface area (Å²) in [6.45, 7) is 4.34. The molecule has 1 rings (SSSR count). The lowest BCUT2D eigenvalue weighted by Gasteiger charge is -2.18. The average molecular weight is 310 g/mol. The minimum Gasteiger partial charge on any atom is -0.398 e. The van der Waals surface area contributed by atoms with Crippen LogP contribution in [0.2, 0.25) is 0 Å². The van der Waals surface area contributed by atoms with Gasteiger partial charge in [0.05, 0.1) is 11.3 Å². The first-order chi connectivity index (χ1) is 8.92. The van der Waals surface area contributed by atoms with Crippen LogP contribution in [0.4, 0.5) is 18.9 Å². The fourth-order valence-corrected chi connectivity index (χ4v) is 3.45. The van der Waals surface area contributed by atoms with Crippen LogP contribution in [0.25, 0.3) is 0 Å². The molecule has 0 aliphatic heterocycles. The number of rotatable bonds is 4. The minimum atomic E-state index is -4.43. The Hall–Kier alpha value is -1.28. The molecule has 0 radical (unpaired) electrons. The van der Waals surface area contributed by atoms with E-state index in [0.717, 1.165) is 0 Å². The highest BCUT2D eigenvalue weighted by Gasteiger charge is 2.32. The first kappa shape index (κ1) is 16.8. The van der Waals surface area contributed by atoms with Crippen LogP contribution in [-0.4, -0.2) is 20.6 Å². The normalized spacial score (nSPS) is 14.3. The van der Waals surface area contributed by atoms with E-state index in [0.29, 0.717) is 11.1 Å². The molecule has 0 aromatic heterocycles. The van der Waals surface area contributed by atoms with Gasteiger partial charge in [-0.25, -0.2) is 13.1 Å². The number of aryl methyl sites for hydroxylation is 1. The maximum atomic E-state index is 12.2. The van der Waals surface area contributed by atoms with Gasteiger partial charge >= 0.3 is 6.18 Å². The van der Waals surface area contributed by atoms with E-state index < -0.39 is 28.7 Å². The number of halogens is 3. The summed E-state index contributed by atoms with van der Waals surface area (Å²) in [5, 5.41) is 0. The van der Waals surface area contributed by atoms with Gasteiger partial charge in [0.2, 0.25) is 10.0 Å². The molecule has 1 aromatic rings. The second-order valence-corrected chi connectivity index (χ2v) is 6.50. The fraction of sp³-hybridized carbons (Fsp3) is 0.500. The topological polar surface area (TPSA) is 72.2 Å². The quantitative estimate of drug-likeness (QED) is 0.839. The second-order valence-electron chi connectivity index (χ2n) is 4.82. The van der Waals surface area contributed by atoms with Crippen molar-refractivity contribution in [1.29, 1.82) is 0 Å². The molecule has 0 aliphatic rings. The number of hydrogen-bond donors (Lipinski definition) is 2. The molecule has 1 unspecified atom stereocenters. The predicted octanol–water partition coefficient (Wildman–Crippen LogP) is 2.50. The van der Waals surface area contributed by atoms with E-state index >= 15 is 0 Å². The highest BCUT2D eigenvalue weighted by Crippen LogP contribution is 2.25. The highest BCUT2D eigenvalue weighted by molar-refractivity contribution is 7.89. The number of nitrogens with one attached hydrogen (secondary N) is 1. The summed E-state index contributed by atoms with van der Waals surface area (Å²) in [4.78, 5) is -0.0935. The van der Waals surface area contributed by atoms with Gasteiger partial charge in [0.15, 0.2) is 0 Å². The van der Waals surface area contributed by atoms with E-state index in [4.69, 9.17) is 5.73 Å². The van der Waals surface area contributed by atoms with Crippen LogP contribution in [0.15, 0.2) is 17.0 Å². The molecule has 3 N–H and O–H groups in total. The molecule has 0 saturated heterocycles. The summed E-state index contributed by atoms with van der Waals surface area (Å²) in [6, 6.07) is 1.74. The van der Waals surface area contributed by atoms with Crippen LogP contribution in [0.3, 0.4) is 0 Å². The lowest BCUT2D eigenvalue weighted by Crippen LogP contribution is -2.36. The molecular weight excluding hydrogens is 293 g/mol. The van der Waals surface area contributed by atoms with Gasteiger partial charge in [0, 0.05) is 11.7 Å². The van der Waals surface area contributed by atoms with Gasteiger partial charge in [-0.2, -0.15) is 13.2 Å². The lowest BCUT2D eigenvalue weighted by molar-refractivity contribution is -0.137. The van der Waals surface area contributed by atoms with Crippen LogP contribution in [-0.2, 0) is 10.0 Å². The molecule has 20 heavy (non-hydrogen) atoms. The van der Waals surface area contributed by atoms with Crippen LogP contribution in [0, 0.1) is 13.8 Å². The number of hydrogen-bond acceptors (Lipinski definition) is 3. The van der Waals surface area contributed by atoms with E-state index in [1.807, 2.05) is 4.72 Å². The third-order valence-corrected chi connectivity index (χ3v) is 4.44. The molecule has 0 amide bonds. The molecule has 0 saturated carbocycles. The van der Waals surface area contributed by atoms with E-state index in [2.05, 4.69) is 0 Å². The number of sulfonamides is 1. The maximum Gasteiger partial charge on any atom is 0.390 e. The molecule has 1 atom stereocenters. The summed E-state index contributed by atoms with van der Waals surface area (Å²) in [7, 11) is -4.04. The number of benzene rings is 1. The molecule has 8 heteroatoms. The number of nitrogens with two attached hydrogens (primary N) is 1. The van der Waals surface area contributed by atoms with Gasteiger partial charge in [-0.3, -0.25) is 0 Å². The Balaban J connectivity index is 3.06. The van der Waals surface area contributed by atoms with Crippen molar-refractivity contribution in [2.75, 3.05) is 5.73 Å². The van der Waals surface area contributed by atoms with Crippen molar-refractivity contribution in [3.8, 4) is 0 Å². The number of anilines is 1. The molecular formula is C12H17F3N2O2S. The first-order valence-electron chi connectivity index (χ1n) is 5.88. The van der Waals surface area contributed by atoms with Crippen molar-refractivity contribution >= 4 is 15.7 Å². The average Bonchev–Trinajstić information content (AvgIpc) is 2.19.